The standard InChI is InChI=1S/C14H13FN6O2S/c1-2-21-13(3-4-19-21)24(22,23)20-14-17-7-11(8-18-14)10-5-12(15)9-16-6-10/h3-9H,2H2,1H3,(H,17,18,20). The van der Waals surface area contributed by atoms with Crippen LogP contribution in [0.1, 0.15) is 6.92 Å². The summed E-state index contributed by atoms with van der Waals surface area (Å²) in [5.41, 5.74) is 1.01. The molecule has 3 rings (SSSR count). The van der Waals surface area contributed by atoms with Gasteiger partial charge in [0.2, 0.25) is 5.95 Å². The van der Waals surface area contributed by atoms with E-state index in [-0.39, 0.29) is 11.0 Å². The molecule has 0 saturated heterocycles. The molecule has 0 spiro atoms. The lowest BCUT2D eigenvalue weighted by atomic mass is 10.1. The first kappa shape index (κ1) is 16.0. The number of aromatic nitrogens is 5. The molecule has 0 bridgehead atoms. The van der Waals surface area contributed by atoms with Gasteiger partial charge in [-0.3, -0.25) is 9.67 Å². The summed E-state index contributed by atoms with van der Waals surface area (Å²) in [4.78, 5) is 11.7. The van der Waals surface area contributed by atoms with Gasteiger partial charge < -0.3 is 0 Å². The number of hydrogen-bond acceptors (Lipinski definition) is 6. The Balaban J connectivity index is 1.84. The minimum Gasteiger partial charge on any atom is -0.261 e. The maximum Gasteiger partial charge on any atom is 0.281 e. The molecule has 0 atom stereocenters. The van der Waals surface area contributed by atoms with Gasteiger partial charge in [0.25, 0.3) is 10.0 Å². The van der Waals surface area contributed by atoms with Crippen LogP contribution in [0.5, 0.6) is 0 Å². The van der Waals surface area contributed by atoms with Crippen molar-refractivity contribution >= 4 is 16.0 Å². The van der Waals surface area contributed by atoms with Gasteiger partial charge in [0.05, 0.1) is 12.4 Å². The average Bonchev–Trinajstić information content (AvgIpc) is 3.05. The fourth-order valence-electron chi connectivity index (χ4n) is 2.06. The molecule has 3 aromatic heterocycles. The van der Waals surface area contributed by atoms with Crippen LogP contribution in [-0.2, 0) is 16.6 Å². The van der Waals surface area contributed by atoms with E-state index in [0.717, 1.165) is 6.20 Å². The normalized spacial score (nSPS) is 11.4. The fraction of sp³-hybridized carbons (Fsp3) is 0.143. The van der Waals surface area contributed by atoms with Crippen LogP contribution in [0.2, 0.25) is 0 Å². The highest BCUT2D eigenvalue weighted by Gasteiger charge is 2.20. The van der Waals surface area contributed by atoms with E-state index in [1.54, 1.807) is 6.92 Å². The summed E-state index contributed by atoms with van der Waals surface area (Å²) in [6.07, 6.45) is 6.73. The zero-order valence-electron chi connectivity index (χ0n) is 12.6. The van der Waals surface area contributed by atoms with Crippen molar-refractivity contribution < 1.29 is 12.8 Å². The molecule has 124 valence electrons. The summed E-state index contributed by atoms with van der Waals surface area (Å²) in [6.45, 7) is 2.19. The Morgan fingerprint density at radius 1 is 1.17 bits per heavy atom. The van der Waals surface area contributed by atoms with Gasteiger partial charge in [-0.25, -0.2) is 19.1 Å². The highest BCUT2D eigenvalue weighted by atomic mass is 32.2. The van der Waals surface area contributed by atoms with E-state index in [4.69, 9.17) is 0 Å². The predicted octanol–water partition coefficient (Wildman–Crippen LogP) is 1.69. The highest BCUT2D eigenvalue weighted by molar-refractivity contribution is 7.92. The van der Waals surface area contributed by atoms with Crippen LogP contribution in [0, 0.1) is 5.82 Å². The second-order valence-electron chi connectivity index (χ2n) is 4.78. The third-order valence-corrected chi connectivity index (χ3v) is 4.52. The minimum absolute atomic E-state index is 0.0204. The molecule has 0 aliphatic rings. The Labute approximate surface area is 137 Å². The predicted molar refractivity (Wildman–Crippen MR) is 83.9 cm³/mol. The summed E-state index contributed by atoms with van der Waals surface area (Å²) >= 11 is 0. The number of halogens is 1. The molecule has 0 amide bonds. The molecular formula is C14H13FN6O2S. The van der Waals surface area contributed by atoms with Crippen LogP contribution in [0.25, 0.3) is 11.1 Å². The maximum absolute atomic E-state index is 13.2. The molecule has 3 heterocycles. The quantitative estimate of drug-likeness (QED) is 0.753. The molecule has 3 aromatic rings. The number of hydrogen-bond donors (Lipinski definition) is 1. The van der Waals surface area contributed by atoms with E-state index in [1.165, 1.54) is 41.6 Å². The lowest BCUT2D eigenvalue weighted by molar-refractivity contribution is 0.558. The van der Waals surface area contributed by atoms with Crippen LogP contribution in [0.15, 0.2) is 48.1 Å². The number of nitrogens with zero attached hydrogens (tertiary/aromatic N) is 5. The van der Waals surface area contributed by atoms with Crippen molar-refractivity contribution in [3.05, 3.63) is 48.9 Å². The van der Waals surface area contributed by atoms with Crippen LogP contribution in [0.3, 0.4) is 0 Å². The van der Waals surface area contributed by atoms with Gasteiger partial charge >= 0.3 is 0 Å². The molecule has 0 aromatic carbocycles. The van der Waals surface area contributed by atoms with Gasteiger partial charge in [0.15, 0.2) is 5.03 Å². The van der Waals surface area contributed by atoms with Crippen LogP contribution < -0.4 is 4.72 Å². The van der Waals surface area contributed by atoms with Crippen molar-refractivity contribution in [1.82, 2.24) is 24.7 Å². The third-order valence-electron chi connectivity index (χ3n) is 3.17. The van der Waals surface area contributed by atoms with E-state index in [9.17, 15) is 12.8 Å². The molecule has 8 nitrogen and oxygen atoms in total. The molecule has 0 saturated carbocycles. The van der Waals surface area contributed by atoms with E-state index < -0.39 is 15.8 Å². The summed E-state index contributed by atoms with van der Waals surface area (Å²) in [7, 11) is -3.84. The second-order valence-corrected chi connectivity index (χ2v) is 6.41. The SMILES string of the molecule is CCn1nccc1S(=O)(=O)Nc1ncc(-c2cncc(F)c2)cn1. The van der Waals surface area contributed by atoms with Gasteiger partial charge in [-0.15, -0.1) is 0 Å². The van der Waals surface area contributed by atoms with Crippen molar-refractivity contribution in [3.63, 3.8) is 0 Å². The Morgan fingerprint density at radius 3 is 2.58 bits per heavy atom. The maximum atomic E-state index is 13.2. The molecule has 24 heavy (non-hydrogen) atoms. The van der Waals surface area contributed by atoms with Crippen molar-refractivity contribution in [2.45, 2.75) is 18.5 Å². The van der Waals surface area contributed by atoms with Gasteiger partial charge in [-0.2, -0.15) is 13.5 Å². The number of nitrogens with one attached hydrogen (secondary N) is 1. The number of sulfonamides is 1. The number of anilines is 1. The van der Waals surface area contributed by atoms with Crippen molar-refractivity contribution in [1.29, 1.82) is 0 Å². The number of pyridine rings is 1. The zero-order chi connectivity index (χ0) is 17.2. The van der Waals surface area contributed by atoms with Crippen molar-refractivity contribution in [2.75, 3.05) is 4.72 Å². The summed E-state index contributed by atoms with van der Waals surface area (Å²) in [5, 5.41) is 3.94. The Morgan fingerprint density at radius 2 is 1.92 bits per heavy atom. The fourth-order valence-corrected chi connectivity index (χ4v) is 3.20. The Kier molecular flexibility index (Phi) is 4.21. The lowest BCUT2D eigenvalue weighted by Crippen LogP contribution is -2.19. The van der Waals surface area contributed by atoms with Crippen LogP contribution in [-0.4, -0.2) is 33.2 Å². The average molecular weight is 348 g/mol. The lowest BCUT2D eigenvalue weighted by Gasteiger charge is -2.08. The topological polar surface area (TPSA) is 103 Å². The van der Waals surface area contributed by atoms with Gasteiger partial charge in [-0.05, 0) is 19.1 Å². The molecular weight excluding hydrogens is 335 g/mol. The number of aryl methyl sites for hydroxylation is 1. The van der Waals surface area contributed by atoms with Crippen LogP contribution >= 0.6 is 0 Å². The van der Waals surface area contributed by atoms with E-state index in [1.807, 2.05) is 0 Å². The first-order valence-corrected chi connectivity index (χ1v) is 8.45. The van der Waals surface area contributed by atoms with Gasteiger partial charge in [0.1, 0.15) is 5.82 Å². The minimum atomic E-state index is -3.84. The molecule has 0 aliphatic heterocycles. The second kappa shape index (κ2) is 6.32. The van der Waals surface area contributed by atoms with E-state index >= 15 is 0 Å². The summed E-state index contributed by atoms with van der Waals surface area (Å²) < 4.78 is 41.5. The van der Waals surface area contributed by atoms with Crippen molar-refractivity contribution in [2.24, 2.45) is 0 Å². The zero-order valence-corrected chi connectivity index (χ0v) is 13.4. The van der Waals surface area contributed by atoms with E-state index in [2.05, 4.69) is 24.8 Å². The molecule has 0 radical (unpaired) electrons. The molecule has 0 unspecified atom stereocenters. The monoisotopic (exact) mass is 348 g/mol. The molecule has 10 heteroatoms. The first-order chi connectivity index (χ1) is 11.5. The van der Waals surface area contributed by atoms with E-state index in [0.29, 0.717) is 17.7 Å². The number of rotatable bonds is 5. The smallest absolute Gasteiger partial charge is 0.261 e. The summed E-state index contributed by atoms with van der Waals surface area (Å²) in [6, 6.07) is 2.67. The van der Waals surface area contributed by atoms with Crippen LogP contribution in [0.4, 0.5) is 10.3 Å². The molecule has 1 N–H and O–H groups in total. The highest BCUT2D eigenvalue weighted by Crippen LogP contribution is 2.19. The Hall–Kier alpha value is -2.88. The third kappa shape index (κ3) is 3.23. The summed E-state index contributed by atoms with van der Waals surface area (Å²) in [5.74, 6) is -0.572. The molecule has 0 fully saturated rings. The van der Waals surface area contributed by atoms with Gasteiger partial charge in [0, 0.05) is 36.3 Å². The Bertz CT molecular complexity index is 955. The first-order valence-electron chi connectivity index (χ1n) is 6.97. The van der Waals surface area contributed by atoms with Gasteiger partial charge in [-0.1, -0.05) is 0 Å². The van der Waals surface area contributed by atoms with Crippen molar-refractivity contribution in [3.8, 4) is 11.1 Å². The largest absolute Gasteiger partial charge is 0.281 e. The molecule has 0 aliphatic carbocycles.